The highest BCUT2D eigenvalue weighted by atomic mass is 32.2. The summed E-state index contributed by atoms with van der Waals surface area (Å²) >= 11 is 2.47. The van der Waals surface area contributed by atoms with Crippen molar-refractivity contribution in [3.8, 4) is 0 Å². The number of hydrogen-bond donors (Lipinski definition) is 2. The van der Waals surface area contributed by atoms with Crippen LogP contribution in [0.25, 0.3) is 0 Å². The first-order valence-electron chi connectivity index (χ1n) is 10.1. The number of aliphatic carboxylic acids is 1. The van der Waals surface area contributed by atoms with E-state index in [0.29, 0.717) is 17.9 Å². The minimum atomic E-state index is -1.13. The third-order valence-electron chi connectivity index (χ3n) is 4.92. The van der Waals surface area contributed by atoms with Gasteiger partial charge in [0, 0.05) is 23.3 Å². The number of carboxylic acid groups (broad SMARTS) is 1. The van der Waals surface area contributed by atoms with E-state index in [1.807, 2.05) is 42.5 Å². The van der Waals surface area contributed by atoms with Crippen LogP contribution in [0.4, 0.5) is 5.69 Å². The van der Waals surface area contributed by atoms with Gasteiger partial charge in [-0.05, 0) is 24.1 Å². The van der Waals surface area contributed by atoms with E-state index in [1.54, 1.807) is 12.1 Å². The van der Waals surface area contributed by atoms with Crippen LogP contribution in [0.5, 0.6) is 0 Å². The van der Waals surface area contributed by atoms with Crippen molar-refractivity contribution in [3.63, 3.8) is 0 Å². The van der Waals surface area contributed by atoms with Gasteiger partial charge in [0.05, 0.1) is 11.6 Å². The number of nitrogens with zero attached hydrogens (tertiary/aromatic N) is 1. The maximum atomic E-state index is 13.2. The Kier molecular flexibility index (Phi) is 8.35. The van der Waals surface area contributed by atoms with Crippen LogP contribution in [0.3, 0.4) is 0 Å². The molecular weight excluding hydrogens is 448 g/mol. The molecule has 0 spiro atoms. The second kappa shape index (κ2) is 11.2. The van der Waals surface area contributed by atoms with Crippen LogP contribution in [-0.4, -0.2) is 52.1 Å². The normalized spacial score (nSPS) is 16.6. The van der Waals surface area contributed by atoms with Crippen LogP contribution in [0, 0.1) is 5.92 Å². The first kappa shape index (κ1) is 23.9. The van der Waals surface area contributed by atoms with Gasteiger partial charge in [-0.2, -0.15) is 0 Å². The lowest BCUT2D eigenvalue weighted by Gasteiger charge is -2.25. The lowest BCUT2D eigenvalue weighted by Crippen LogP contribution is -2.52. The van der Waals surface area contributed by atoms with Crippen molar-refractivity contribution in [3.05, 3.63) is 60.2 Å². The Balaban J connectivity index is 1.79. The average Bonchev–Trinajstić information content (AvgIpc) is 2.89. The van der Waals surface area contributed by atoms with Gasteiger partial charge in [0.25, 0.3) is 5.91 Å². The lowest BCUT2D eigenvalue weighted by atomic mass is 10.00. The van der Waals surface area contributed by atoms with Crippen molar-refractivity contribution in [1.29, 1.82) is 0 Å². The quantitative estimate of drug-likeness (QED) is 0.609. The van der Waals surface area contributed by atoms with Gasteiger partial charge in [-0.1, -0.05) is 54.2 Å². The van der Waals surface area contributed by atoms with Crippen LogP contribution in [-0.2, 0) is 25.6 Å². The number of amides is 2. The number of rotatable bonds is 8. The van der Waals surface area contributed by atoms with E-state index in [2.05, 4.69) is 5.32 Å². The third-order valence-corrected chi connectivity index (χ3v) is 7.05. The molecule has 0 saturated heterocycles. The van der Waals surface area contributed by atoms with Gasteiger partial charge in [0.1, 0.15) is 12.6 Å². The maximum absolute atomic E-state index is 13.2. The topological polar surface area (TPSA) is 104 Å². The van der Waals surface area contributed by atoms with Gasteiger partial charge in [0.2, 0.25) is 5.91 Å². The molecule has 2 aromatic carbocycles. The molecule has 168 valence electrons. The number of carbonyl (C=O) groups is 4. The maximum Gasteiger partial charge on any atom is 0.323 e. The smallest absolute Gasteiger partial charge is 0.323 e. The Morgan fingerprint density at radius 3 is 2.53 bits per heavy atom. The average molecular weight is 473 g/mol. The molecule has 7 nitrogen and oxygen atoms in total. The summed E-state index contributed by atoms with van der Waals surface area (Å²) in [6.07, 6.45) is 0.431. The molecule has 0 saturated carbocycles. The molecular formula is C23H24N2O5S2. The monoisotopic (exact) mass is 472 g/mol. The van der Waals surface area contributed by atoms with Crippen LogP contribution in [0.2, 0.25) is 0 Å². The molecule has 2 N–H and O–H groups in total. The summed E-state index contributed by atoms with van der Waals surface area (Å²) in [6, 6.07) is 15.7. The fraction of sp³-hybridized carbons (Fsp3) is 0.304. The van der Waals surface area contributed by atoms with Crippen molar-refractivity contribution in [1.82, 2.24) is 5.32 Å². The van der Waals surface area contributed by atoms with Gasteiger partial charge < -0.3 is 10.4 Å². The van der Waals surface area contributed by atoms with Crippen LogP contribution in [0.1, 0.15) is 12.5 Å². The highest BCUT2D eigenvalue weighted by Crippen LogP contribution is 2.34. The summed E-state index contributed by atoms with van der Waals surface area (Å²) in [5, 5.41) is 12.1. The number of carbonyl (C=O) groups excluding carboxylic acids is 3. The number of anilines is 1. The largest absolute Gasteiger partial charge is 0.480 e. The third kappa shape index (κ3) is 6.37. The van der Waals surface area contributed by atoms with Gasteiger partial charge in [-0.25, -0.2) is 0 Å². The fourth-order valence-electron chi connectivity index (χ4n) is 3.39. The standard InChI is InChI=1S/C23H24N2O5S2/c1-15(26)31-13-17(11-16-7-3-2-4-8-16)22(29)24-18-14-32-20-10-6-5-9-19(20)25(23(18)30)12-21(27)28/h2-10,17-18H,11-14H2,1H3,(H,24,29)(H,27,28). The Hall–Kier alpha value is -2.78. The van der Waals surface area contributed by atoms with E-state index in [0.717, 1.165) is 22.2 Å². The second-order valence-electron chi connectivity index (χ2n) is 7.35. The zero-order chi connectivity index (χ0) is 23.1. The molecule has 1 heterocycles. The molecule has 2 atom stereocenters. The predicted molar refractivity (Wildman–Crippen MR) is 126 cm³/mol. The Morgan fingerprint density at radius 1 is 1.16 bits per heavy atom. The molecule has 9 heteroatoms. The van der Waals surface area contributed by atoms with E-state index in [4.69, 9.17) is 0 Å². The number of benzene rings is 2. The minimum Gasteiger partial charge on any atom is -0.480 e. The van der Waals surface area contributed by atoms with Crippen molar-refractivity contribution < 1.29 is 24.3 Å². The number of fused-ring (bicyclic) bond motifs is 1. The molecule has 0 fully saturated rings. The van der Waals surface area contributed by atoms with E-state index < -0.39 is 30.4 Å². The zero-order valence-corrected chi connectivity index (χ0v) is 19.2. The first-order valence-corrected chi connectivity index (χ1v) is 12.0. The first-order chi connectivity index (χ1) is 15.3. The Labute approximate surface area is 194 Å². The van der Waals surface area contributed by atoms with Crippen LogP contribution < -0.4 is 10.2 Å². The summed E-state index contributed by atoms with van der Waals surface area (Å²) in [7, 11) is 0. The summed E-state index contributed by atoms with van der Waals surface area (Å²) in [4.78, 5) is 51.2. The number of para-hydroxylation sites is 1. The van der Waals surface area contributed by atoms with E-state index >= 15 is 0 Å². The van der Waals surface area contributed by atoms with Crippen molar-refractivity contribution >= 4 is 52.1 Å². The fourth-order valence-corrected chi connectivity index (χ4v) is 5.17. The van der Waals surface area contributed by atoms with Crippen molar-refractivity contribution in [2.45, 2.75) is 24.3 Å². The number of nitrogens with one attached hydrogen (secondary N) is 1. The molecule has 0 aromatic heterocycles. The summed E-state index contributed by atoms with van der Waals surface area (Å²) in [5.74, 6) is -1.86. The molecule has 2 unspecified atom stereocenters. The predicted octanol–water partition coefficient (Wildman–Crippen LogP) is 2.83. The molecule has 32 heavy (non-hydrogen) atoms. The van der Waals surface area contributed by atoms with Gasteiger partial charge in [-0.15, -0.1) is 11.8 Å². The molecule has 0 aliphatic carbocycles. The highest BCUT2D eigenvalue weighted by Gasteiger charge is 2.34. The van der Waals surface area contributed by atoms with E-state index in [1.165, 1.54) is 23.6 Å². The van der Waals surface area contributed by atoms with Crippen LogP contribution in [0.15, 0.2) is 59.5 Å². The van der Waals surface area contributed by atoms with Gasteiger partial charge >= 0.3 is 5.97 Å². The van der Waals surface area contributed by atoms with Gasteiger partial charge in [-0.3, -0.25) is 24.1 Å². The molecule has 1 aliphatic heterocycles. The molecule has 0 radical (unpaired) electrons. The molecule has 1 aliphatic rings. The van der Waals surface area contributed by atoms with Crippen LogP contribution >= 0.6 is 23.5 Å². The highest BCUT2D eigenvalue weighted by molar-refractivity contribution is 8.13. The SMILES string of the molecule is CC(=O)SCC(Cc1ccccc1)C(=O)NC1CSc2ccccc2N(CC(=O)O)C1=O. The van der Waals surface area contributed by atoms with E-state index in [9.17, 15) is 24.3 Å². The number of hydrogen-bond acceptors (Lipinski definition) is 6. The molecule has 3 rings (SSSR count). The van der Waals surface area contributed by atoms with Crippen molar-refractivity contribution in [2.75, 3.05) is 23.0 Å². The van der Waals surface area contributed by atoms with Gasteiger partial charge in [0.15, 0.2) is 5.12 Å². The van der Waals surface area contributed by atoms with Crippen molar-refractivity contribution in [2.24, 2.45) is 5.92 Å². The number of carboxylic acids is 1. The lowest BCUT2D eigenvalue weighted by molar-refractivity contribution is -0.137. The Bertz CT molecular complexity index is 999. The van der Waals surface area contributed by atoms with E-state index in [-0.39, 0.29) is 16.8 Å². The zero-order valence-electron chi connectivity index (χ0n) is 17.5. The Morgan fingerprint density at radius 2 is 1.84 bits per heavy atom. The molecule has 2 aromatic rings. The summed E-state index contributed by atoms with van der Waals surface area (Å²) < 4.78 is 0. The second-order valence-corrected chi connectivity index (χ2v) is 9.61. The number of thioether (sulfide) groups is 2. The molecule has 2 amide bonds. The molecule has 0 bridgehead atoms. The summed E-state index contributed by atoms with van der Waals surface area (Å²) in [6.45, 7) is 0.963. The minimum absolute atomic E-state index is 0.0833. The summed E-state index contributed by atoms with van der Waals surface area (Å²) in [5.41, 5.74) is 1.48.